The summed E-state index contributed by atoms with van der Waals surface area (Å²) in [7, 11) is 0. The Morgan fingerprint density at radius 2 is 2.06 bits per heavy atom. The zero-order valence-corrected chi connectivity index (χ0v) is 11.3. The van der Waals surface area contributed by atoms with Crippen LogP contribution < -0.4 is 0 Å². The molecule has 0 fully saturated rings. The second kappa shape index (κ2) is 5.01. The first kappa shape index (κ1) is 12.3. The van der Waals surface area contributed by atoms with E-state index in [0.29, 0.717) is 10.3 Å². The lowest BCUT2D eigenvalue weighted by Crippen LogP contribution is -1.98. The van der Waals surface area contributed by atoms with E-state index < -0.39 is 0 Å². The molecule has 0 atom stereocenters. The second-order valence-corrected chi connectivity index (χ2v) is 5.22. The van der Waals surface area contributed by atoms with Crippen molar-refractivity contribution in [1.82, 2.24) is 25.1 Å². The van der Waals surface area contributed by atoms with Crippen LogP contribution in [0.5, 0.6) is 0 Å². The maximum absolute atomic E-state index is 5.95. The van der Waals surface area contributed by atoms with Crippen molar-refractivity contribution >= 4 is 23.4 Å². The number of aromatic nitrogens is 5. The summed E-state index contributed by atoms with van der Waals surface area (Å²) >= 11 is 7.32. The molecule has 2 rings (SSSR count). The van der Waals surface area contributed by atoms with Gasteiger partial charge >= 0.3 is 0 Å². The number of hydrogen-bond donors (Lipinski definition) is 1. The molecule has 0 radical (unpaired) electrons. The molecular formula is C10H12ClN5S. The largest absolute Gasteiger partial charge is 0.262 e. The summed E-state index contributed by atoms with van der Waals surface area (Å²) < 4.78 is 0. The Morgan fingerprint density at radius 3 is 2.65 bits per heavy atom. The quantitative estimate of drug-likeness (QED) is 0.868. The predicted molar refractivity (Wildman–Crippen MR) is 66.4 cm³/mol. The number of rotatable bonds is 3. The molecular weight excluding hydrogens is 258 g/mol. The van der Waals surface area contributed by atoms with Gasteiger partial charge in [0.2, 0.25) is 5.16 Å². The Balaban J connectivity index is 2.26. The first-order chi connectivity index (χ1) is 8.04. The fourth-order valence-electron chi connectivity index (χ4n) is 1.19. The van der Waals surface area contributed by atoms with Gasteiger partial charge in [-0.3, -0.25) is 5.10 Å². The molecule has 0 aliphatic carbocycles. The van der Waals surface area contributed by atoms with E-state index >= 15 is 0 Å². The first-order valence-corrected chi connectivity index (χ1v) is 6.35. The average Bonchev–Trinajstić information content (AvgIpc) is 2.63. The molecule has 0 amide bonds. The van der Waals surface area contributed by atoms with Gasteiger partial charge in [-0.25, -0.2) is 15.0 Å². The number of H-pyrrole nitrogens is 1. The molecule has 17 heavy (non-hydrogen) atoms. The van der Waals surface area contributed by atoms with Crippen LogP contribution in [0.25, 0.3) is 0 Å². The van der Waals surface area contributed by atoms with Crippen molar-refractivity contribution in [1.29, 1.82) is 0 Å². The maximum atomic E-state index is 5.95. The molecule has 0 bridgehead atoms. The van der Waals surface area contributed by atoms with Crippen molar-refractivity contribution in [3.05, 3.63) is 22.9 Å². The maximum Gasteiger partial charge on any atom is 0.214 e. The third-order valence-electron chi connectivity index (χ3n) is 1.98. The molecule has 2 aromatic rings. The van der Waals surface area contributed by atoms with Crippen molar-refractivity contribution in [3.63, 3.8) is 0 Å². The normalized spacial score (nSPS) is 11.1. The van der Waals surface area contributed by atoms with Crippen LogP contribution in [0.3, 0.4) is 0 Å². The fraction of sp³-hybridized carbons (Fsp3) is 0.400. The van der Waals surface area contributed by atoms with E-state index in [4.69, 9.17) is 11.6 Å². The minimum Gasteiger partial charge on any atom is -0.262 e. The highest BCUT2D eigenvalue weighted by atomic mass is 35.5. The third kappa shape index (κ3) is 3.17. The van der Waals surface area contributed by atoms with Gasteiger partial charge in [0.25, 0.3) is 0 Å². The zero-order chi connectivity index (χ0) is 12.4. The summed E-state index contributed by atoms with van der Waals surface area (Å²) in [4.78, 5) is 12.8. The number of nitrogens with one attached hydrogen (secondary N) is 1. The molecule has 5 nitrogen and oxygen atoms in total. The van der Waals surface area contributed by atoms with E-state index in [-0.39, 0.29) is 5.92 Å². The Kier molecular flexibility index (Phi) is 3.63. The monoisotopic (exact) mass is 269 g/mol. The van der Waals surface area contributed by atoms with Crippen LogP contribution in [0.1, 0.15) is 31.4 Å². The number of nitrogens with zero attached hydrogens (tertiary/aromatic N) is 4. The van der Waals surface area contributed by atoms with Gasteiger partial charge in [-0.2, -0.15) is 0 Å². The molecule has 90 valence electrons. The van der Waals surface area contributed by atoms with E-state index in [1.165, 1.54) is 11.8 Å². The molecule has 0 aliphatic rings. The molecule has 0 spiro atoms. The van der Waals surface area contributed by atoms with Crippen LogP contribution in [0.2, 0.25) is 5.15 Å². The van der Waals surface area contributed by atoms with Crippen LogP contribution >= 0.6 is 23.4 Å². The number of aromatic amines is 1. The minimum absolute atomic E-state index is 0.238. The van der Waals surface area contributed by atoms with Gasteiger partial charge in [-0.1, -0.05) is 25.4 Å². The number of halogens is 1. The molecule has 1 N–H and O–H groups in total. The van der Waals surface area contributed by atoms with E-state index in [1.54, 1.807) is 6.07 Å². The van der Waals surface area contributed by atoms with Gasteiger partial charge in [0.05, 0.1) is 0 Å². The van der Waals surface area contributed by atoms with Gasteiger partial charge < -0.3 is 0 Å². The SMILES string of the molecule is Cc1nc(Sc2cc(Cl)nc(C(C)C)n2)n[nH]1. The predicted octanol–water partition coefficient (Wildman–Crippen LogP) is 2.83. The lowest BCUT2D eigenvalue weighted by Gasteiger charge is -2.05. The lowest BCUT2D eigenvalue weighted by atomic mass is 10.2. The Labute approximate surface area is 108 Å². The van der Waals surface area contributed by atoms with E-state index in [0.717, 1.165) is 16.7 Å². The van der Waals surface area contributed by atoms with Crippen LogP contribution in [0, 0.1) is 6.92 Å². The third-order valence-corrected chi connectivity index (χ3v) is 2.95. The van der Waals surface area contributed by atoms with Gasteiger partial charge in [0, 0.05) is 12.0 Å². The second-order valence-electron chi connectivity index (χ2n) is 3.85. The van der Waals surface area contributed by atoms with Gasteiger partial charge in [0.1, 0.15) is 21.8 Å². The molecule has 2 aromatic heterocycles. The van der Waals surface area contributed by atoms with E-state index in [2.05, 4.69) is 25.1 Å². The van der Waals surface area contributed by atoms with Crippen LogP contribution in [0.4, 0.5) is 0 Å². The zero-order valence-electron chi connectivity index (χ0n) is 9.73. The summed E-state index contributed by atoms with van der Waals surface area (Å²) in [6.07, 6.45) is 0. The van der Waals surface area contributed by atoms with Crippen molar-refractivity contribution in [2.24, 2.45) is 0 Å². The molecule has 0 aromatic carbocycles. The van der Waals surface area contributed by atoms with Crippen LogP contribution in [0.15, 0.2) is 16.2 Å². The molecule has 0 aliphatic heterocycles. The van der Waals surface area contributed by atoms with E-state index in [9.17, 15) is 0 Å². The van der Waals surface area contributed by atoms with Crippen LogP contribution in [-0.4, -0.2) is 25.1 Å². The standard InChI is InChI=1S/C10H12ClN5S/c1-5(2)9-13-7(11)4-8(14-9)17-10-12-6(3)15-16-10/h4-5H,1-3H3,(H,12,15,16). The molecule has 0 unspecified atom stereocenters. The fourth-order valence-corrected chi connectivity index (χ4v) is 2.21. The van der Waals surface area contributed by atoms with Gasteiger partial charge in [-0.05, 0) is 18.7 Å². The van der Waals surface area contributed by atoms with Crippen molar-refractivity contribution in [3.8, 4) is 0 Å². The Hall–Kier alpha value is -1.14. The minimum atomic E-state index is 0.238. The van der Waals surface area contributed by atoms with Crippen molar-refractivity contribution in [2.75, 3.05) is 0 Å². The molecule has 7 heteroatoms. The Bertz CT molecular complexity index is 525. The topological polar surface area (TPSA) is 67.3 Å². The number of hydrogen-bond acceptors (Lipinski definition) is 5. The molecule has 2 heterocycles. The summed E-state index contributed by atoms with van der Waals surface area (Å²) in [5.74, 6) is 1.74. The smallest absolute Gasteiger partial charge is 0.214 e. The highest BCUT2D eigenvalue weighted by molar-refractivity contribution is 7.99. The van der Waals surface area contributed by atoms with Gasteiger partial charge in [0.15, 0.2) is 0 Å². The highest BCUT2D eigenvalue weighted by Gasteiger charge is 2.10. The average molecular weight is 270 g/mol. The Morgan fingerprint density at radius 1 is 1.29 bits per heavy atom. The first-order valence-electron chi connectivity index (χ1n) is 5.16. The summed E-state index contributed by atoms with van der Waals surface area (Å²) in [6.45, 7) is 5.90. The van der Waals surface area contributed by atoms with Crippen LogP contribution in [-0.2, 0) is 0 Å². The van der Waals surface area contributed by atoms with Gasteiger partial charge in [-0.15, -0.1) is 5.10 Å². The highest BCUT2D eigenvalue weighted by Crippen LogP contribution is 2.25. The number of aryl methyl sites for hydroxylation is 1. The summed E-state index contributed by atoms with van der Waals surface area (Å²) in [5.41, 5.74) is 0. The molecule has 0 saturated carbocycles. The lowest BCUT2D eigenvalue weighted by molar-refractivity contribution is 0.753. The van der Waals surface area contributed by atoms with Crippen molar-refractivity contribution < 1.29 is 0 Å². The van der Waals surface area contributed by atoms with Crippen molar-refractivity contribution in [2.45, 2.75) is 36.9 Å². The van der Waals surface area contributed by atoms with E-state index in [1.807, 2.05) is 20.8 Å². The summed E-state index contributed by atoms with van der Waals surface area (Å²) in [5, 5.41) is 8.65. The summed E-state index contributed by atoms with van der Waals surface area (Å²) in [6, 6.07) is 1.71. The molecule has 0 saturated heterocycles.